The van der Waals surface area contributed by atoms with E-state index in [1.165, 1.54) is 11.3 Å². The maximum absolute atomic E-state index is 10.8. The third kappa shape index (κ3) is 3.39. The number of thiazole rings is 1. The normalized spacial score (nSPS) is 12.5. The maximum atomic E-state index is 10.8. The molecule has 1 atom stereocenters. The van der Waals surface area contributed by atoms with E-state index in [1.54, 1.807) is 18.7 Å². The van der Waals surface area contributed by atoms with Crippen LogP contribution in [0.2, 0.25) is 0 Å². The molecule has 0 saturated carbocycles. The van der Waals surface area contributed by atoms with Crippen molar-refractivity contribution in [1.29, 1.82) is 0 Å². The van der Waals surface area contributed by atoms with E-state index in [2.05, 4.69) is 17.2 Å². The van der Waals surface area contributed by atoms with Gasteiger partial charge in [-0.3, -0.25) is 0 Å². The van der Waals surface area contributed by atoms with Crippen molar-refractivity contribution in [3.8, 4) is 0 Å². The van der Waals surface area contributed by atoms with Gasteiger partial charge in [-0.15, -0.1) is 0 Å². The zero-order chi connectivity index (χ0) is 11.4. The highest BCUT2D eigenvalue weighted by Gasteiger charge is 2.13. The number of carboxylic acids is 1. The lowest BCUT2D eigenvalue weighted by Gasteiger charge is -2.07. The van der Waals surface area contributed by atoms with Crippen molar-refractivity contribution < 1.29 is 9.90 Å². The molecule has 4 nitrogen and oxygen atoms in total. The van der Waals surface area contributed by atoms with Gasteiger partial charge in [0.15, 0.2) is 5.13 Å². The van der Waals surface area contributed by atoms with Gasteiger partial charge < -0.3 is 10.4 Å². The van der Waals surface area contributed by atoms with E-state index in [-0.39, 0.29) is 0 Å². The van der Waals surface area contributed by atoms with E-state index in [0.29, 0.717) is 21.0 Å². The van der Waals surface area contributed by atoms with Crippen LogP contribution >= 0.6 is 23.1 Å². The Morgan fingerprint density at radius 2 is 2.40 bits per heavy atom. The average molecular weight is 246 g/mol. The molecule has 0 aliphatic carbocycles. The van der Waals surface area contributed by atoms with Crippen LogP contribution in [0.1, 0.15) is 22.3 Å². The maximum Gasteiger partial charge on any atom is 0.347 e. The minimum atomic E-state index is -0.907. The topological polar surface area (TPSA) is 62.2 Å². The second-order valence-electron chi connectivity index (χ2n) is 3.17. The third-order valence-corrected chi connectivity index (χ3v) is 4.01. The largest absolute Gasteiger partial charge is 0.477 e. The minimum absolute atomic E-state index is 0.314. The van der Waals surface area contributed by atoms with Crippen molar-refractivity contribution in [3.63, 3.8) is 0 Å². The van der Waals surface area contributed by atoms with Crippen LogP contribution in [0.4, 0.5) is 5.13 Å². The lowest BCUT2D eigenvalue weighted by Crippen LogP contribution is -2.12. The fraction of sp³-hybridized carbons (Fsp3) is 0.556. The summed E-state index contributed by atoms with van der Waals surface area (Å²) < 4.78 is 0. The fourth-order valence-corrected chi connectivity index (χ4v) is 2.05. The summed E-state index contributed by atoms with van der Waals surface area (Å²) in [6.07, 6.45) is 2.04. The molecule has 84 valence electrons. The van der Waals surface area contributed by atoms with Gasteiger partial charge in [0, 0.05) is 11.8 Å². The summed E-state index contributed by atoms with van der Waals surface area (Å²) >= 11 is 2.95. The van der Waals surface area contributed by atoms with Crippen LogP contribution in [-0.2, 0) is 0 Å². The third-order valence-electron chi connectivity index (χ3n) is 1.93. The second-order valence-corrected chi connectivity index (χ2v) is 5.44. The summed E-state index contributed by atoms with van der Waals surface area (Å²) in [5.74, 6) is -0.907. The van der Waals surface area contributed by atoms with Crippen LogP contribution in [0.25, 0.3) is 0 Å². The monoisotopic (exact) mass is 246 g/mol. The number of nitrogens with one attached hydrogen (secondary N) is 1. The van der Waals surface area contributed by atoms with Gasteiger partial charge >= 0.3 is 5.97 Å². The van der Waals surface area contributed by atoms with Crippen LogP contribution in [0.5, 0.6) is 0 Å². The number of thioether (sulfide) groups is 1. The van der Waals surface area contributed by atoms with Gasteiger partial charge in [0.25, 0.3) is 0 Å². The van der Waals surface area contributed by atoms with Gasteiger partial charge in [0.2, 0.25) is 0 Å². The summed E-state index contributed by atoms with van der Waals surface area (Å²) in [5, 5.41) is 13.2. The highest BCUT2D eigenvalue weighted by atomic mass is 32.2. The number of nitrogens with zero attached hydrogens (tertiary/aromatic N) is 1. The zero-order valence-corrected chi connectivity index (χ0v) is 10.5. The Labute approximate surface area is 97.1 Å². The number of aromatic nitrogens is 1. The Hall–Kier alpha value is -0.750. The van der Waals surface area contributed by atoms with E-state index in [1.807, 2.05) is 6.26 Å². The Morgan fingerprint density at radius 3 is 2.87 bits per heavy atom. The molecule has 0 amide bonds. The minimum Gasteiger partial charge on any atom is -0.477 e. The molecule has 0 saturated heterocycles. The molecular formula is C9H14N2O2S2. The van der Waals surface area contributed by atoms with Gasteiger partial charge in [-0.25, -0.2) is 9.78 Å². The van der Waals surface area contributed by atoms with Crippen molar-refractivity contribution in [2.75, 3.05) is 18.1 Å². The summed E-state index contributed by atoms with van der Waals surface area (Å²) in [7, 11) is 0. The number of hydrogen-bond acceptors (Lipinski definition) is 5. The molecule has 0 aliphatic rings. The molecule has 1 rings (SSSR count). The predicted molar refractivity (Wildman–Crippen MR) is 65.3 cm³/mol. The molecule has 0 spiro atoms. The molecule has 2 N–H and O–H groups in total. The number of rotatable bonds is 5. The van der Waals surface area contributed by atoms with Crippen LogP contribution in [0.15, 0.2) is 0 Å². The Kier molecular flexibility index (Phi) is 4.41. The van der Waals surface area contributed by atoms with E-state index in [4.69, 9.17) is 5.11 Å². The molecule has 0 fully saturated rings. The van der Waals surface area contributed by atoms with Crippen molar-refractivity contribution in [3.05, 3.63) is 10.6 Å². The Bertz CT molecular complexity index is 352. The number of anilines is 1. The molecular weight excluding hydrogens is 232 g/mol. The molecule has 0 radical (unpaired) electrons. The number of aryl methyl sites for hydroxylation is 1. The standard InChI is InChI=1S/C9H14N2O2S2/c1-5(14-3)4-10-9-11-6(2)7(15-9)8(12)13/h5H,4H2,1-3H3,(H,10,11)(H,12,13). The molecule has 0 bridgehead atoms. The number of carboxylic acid groups (broad SMARTS) is 1. The molecule has 1 aromatic rings. The fourth-order valence-electron chi connectivity index (χ4n) is 0.985. The van der Waals surface area contributed by atoms with E-state index < -0.39 is 5.97 Å². The Morgan fingerprint density at radius 1 is 1.73 bits per heavy atom. The molecule has 1 aromatic heterocycles. The summed E-state index contributed by atoms with van der Waals surface area (Å²) in [4.78, 5) is 15.2. The van der Waals surface area contributed by atoms with Crippen LogP contribution in [0.3, 0.4) is 0 Å². The lowest BCUT2D eigenvalue weighted by molar-refractivity contribution is 0.0701. The summed E-state index contributed by atoms with van der Waals surface area (Å²) in [5.41, 5.74) is 0.576. The van der Waals surface area contributed by atoms with Crippen LogP contribution in [0, 0.1) is 6.92 Å². The smallest absolute Gasteiger partial charge is 0.347 e. The van der Waals surface area contributed by atoms with Crippen molar-refractivity contribution >= 4 is 34.2 Å². The number of aromatic carboxylic acids is 1. The first-order valence-corrected chi connectivity index (χ1v) is 6.62. The van der Waals surface area contributed by atoms with Gasteiger partial charge in [-0.1, -0.05) is 18.3 Å². The van der Waals surface area contributed by atoms with Gasteiger partial charge in [0.1, 0.15) is 4.88 Å². The van der Waals surface area contributed by atoms with E-state index in [0.717, 1.165) is 6.54 Å². The van der Waals surface area contributed by atoms with E-state index in [9.17, 15) is 4.79 Å². The molecule has 15 heavy (non-hydrogen) atoms. The first-order valence-electron chi connectivity index (χ1n) is 4.52. The van der Waals surface area contributed by atoms with Gasteiger partial charge in [-0.05, 0) is 13.2 Å². The quantitative estimate of drug-likeness (QED) is 0.834. The number of carbonyl (C=O) groups is 1. The molecule has 6 heteroatoms. The number of hydrogen-bond donors (Lipinski definition) is 2. The second kappa shape index (κ2) is 5.37. The molecule has 1 heterocycles. The van der Waals surface area contributed by atoms with Gasteiger partial charge in [0.05, 0.1) is 5.69 Å². The zero-order valence-electron chi connectivity index (χ0n) is 8.90. The Balaban J connectivity index is 2.63. The average Bonchev–Trinajstić information content (AvgIpc) is 2.56. The lowest BCUT2D eigenvalue weighted by atomic mass is 10.4. The van der Waals surface area contributed by atoms with Gasteiger partial charge in [-0.2, -0.15) is 11.8 Å². The highest BCUT2D eigenvalue weighted by Crippen LogP contribution is 2.22. The van der Waals surface area contributed by atoms with Crippen LogP contribution < -0.4 is 5.32 Å². The molecule has 0 aliphatic heterocycles. The predicted octanol–water partition coefficient (Wildman–Crippen LogP) is 2.31. The summed E-state index contributed by atoms with van der Waals surface area (Å²) in [6, 6.07) is 0. The molecule has 1 unspecified atom stereocenters. The first-order chi connectivity index (χ1) is 7.04. The summed E-state index contributed by atoms with van der Waals surface area (Å²) in [6.45, 7) is 4.62. The molecule has 0 aromatic carbocycles. The SMILES string of the molecule is CSC(C)CNc1nc(C)c(C(=O)O)s1. The van der Waals surface area contributed by atoms with Crippen LogP contribution in [-0.4, -0.2) is 34.1 Å². The van der Waals surface area contributed by atoms with Crippen molar-refractivity contribution in [1.82, 2.24) is 4.98 Å². The van der Waals surface area contributed by atoms with Crippen molar-refractivity contribution in [2.45, 2.75) is 19.1 Å². The first kappa shape index (κ1) is 12.3. The van der Waals surface area contributed by atoms with E-state index >= 15 is 0 Å². The van der Waals surface area contributed by atoms with Crippen molar-refractivity contribution in [2.24, 2.45) is 0 Å². The highest BCUT2D eigenvalue weighted by molar-refractivity contribution is 7.99.